The summed E-state index contributed by atoms with van der Waals surface area (Å²) in [4.78, 5) is 11.4. The van der Waals surface area contributed by atoms with Gasteiger partial charge in [0.05, 0.1) is 7.11 Å². The fourth-order valence-electron chi connectivity index (χ4n) is 1.84. The van der Waals surface area contributed by atoms with Gasteiger partial charge in [0.2, 0.25) is 0 Å². The second-order valence-corrected chi connectivity index (χ2v) is 4.66. The molecule has 1 aromatic carbocycles. The van der Waals surface area contributed by atoms with Gasteiger partial charge in [-0.05, 0) is 18.1 Å². The van der Waals surface area contributed by atoms with E-state index in [1.54, 1.807) is 0 Å². The molecule has 3 nitrogen and oxygen atoms in total. The lowest BCUT2D eigenvalue weighted by molar-refractivity contribution is -0.143. The number of carbonyl (C=O) groups excluding carboxylic acids is 1. The first-order chi connectivity index (χ1) is 7.09. The first-order valence-electron chi connectivity index (χ1n) is 4.71. The van der Waals surface area contributed by atoms with Crippen LogP contribution in [0.15, 0.2) is 28.7 Å². The predicted molar refractivity (Wildman–Crippen MR) is 60.4 cm³/mol. The molecule has 0 spiro atoms. The van der Waals surface area contributed by atoms with Crippen LogP contribution in [-0.2, 0) is 9.53 Å². The number of hydrogen-bond donors (Lipinski definition) is 1. The normalized spacial score (nSPS) is 28.6. The number of methoxy groups -OCH3 is 1. The molecule has 0 saturated heterocycles. The zero-order valence-electron chi connectivity index (χ0n) is 8.37. The molecule has 2 rings (SSSR count). The van der Waals surface area contributed by atoms with E-state index in [-0.39, 0.29) is 11.9 Å². The Bertz CT molecular complexity index is 407. The molecular formula is C11H12BrNO2. The number of esters is 1. The SMILES string of the molecule is COC(=O)C1(N)CC1c1ccccc1Br. The van der Waals surface area contributed by atoms with Gasteiger partial charge in [-0.15, -0.1) is 0 Å². The monoisotopic (exact) mass is 269 g/mol. The molecule has 0 amide bonds. The van der Waals surface area contributed by atoms with Crippen LogP contribution in [0, 0.1) is 0 Å². The highest BCUT2D eigenvalue weighted by molar-refractivity contribution is 9.10. The lowest BCUT2D eigenvalue weighted by Gasteiger charge is -2.09. The minimum atomic E-state index is -0.821. The van der Waals surface area contributed by atoms with Gasteiger partial charge in [0, 0.05) is 10.4 Å². The molecule has 2 atom stereocenters. The van der Waals surface area contributed by atoms with E-state index in [0.29, 0.717) is 6.42 Å². The average molecular weight is 270 g/mol. The molecular weight excluding hydrogens is 258 g/mol. The van der Waals surface area contributed by atoms with Crippen molar-refractivity contribution in [1.29, 1.82) is 0 Å². The van der Waals surface area contributed by atoms with Gasteiger partial charge in [0.15, 0.2) is 0 Å². The van der Waals surface area contributed by atoms with E-state index >= 15 is 0 Å². The summed E-state index contributed by atoms with van der Waals surface area (Å²) in [7, 11) is 1.37. The third-order valence-electron chi connectivity index (χ3n) is 2.85. The van der Waals surface area contributed by atoms with E-state index in [9.17, 15) is 4.79 Å². The molecule has 80 valence electrons. The van der Waals surface area contributed by atoms with Crippen LogP contribution in [0.2, 0.25) is 0 Å². The quantitative estimate of drug-likeness (QED) is 0.834. The Labute approximate surface area is 96.7 Å². The summed E-state index contributed by atoms with van der Waals surface area (Å²) in [5.41, 5.74) is 6.20. The zero-order valence-corrected chi connectivity index (χ0v) is 9.95. The van der Waals surface area contributed by atoms with Crippen LogP contribution in [0.1, 0.15) is 17.9 Å². The predicted octanol–water partition coefficient (Wildman–Crippen LogP) is 1.81. The van der Waals surface area contributed by atoms with Gasteiger partial charge < -0.3 is 10.5 Å². The number of ether oxygens (including phenoxy) is 1. The number of benzene rings is 1. The summed E-state index contributed by atoms with van der Waals surface area (Å²) in [5, 5.41) is 0. The van der Waals surface area contributed by atoms with Crippen LogP contribution in [0.25, 0.3) is 0 Å². The lowest BCUT2D eigenvalue weighted by atomic mass is 10.1. The Balaban J connectivity index is 2.24. The number of nitrogens with two attached hydrogens (primary N) is 1. The molecule has 1 aromatic rings. The van der Waals surface area contributed by atoms with Gasteiger partial charge in [-0.25, -0.2) is 0 Å². The first kappa shape index (κ1) is 10.6. The highest BCUT2D eigenvalue weighted by atomic mass is 79.9. The molecule has 15 heavy (non-hydrogen) atoms. The van der Waals surface area contributed by atoms with Gasteiger partial charge in [-0.3, -0.25) is 4.79 Å². The van der Waals surface area contributed by atoms with E-state index in [0.717, 1.165) is 10.0 Å². The van der Waals surface area contributed by atoms with E-state index in [4.69, 9.17) is 5.73 Å². The summed E-state index contributed by atoms with van der Waals surface area (Å²) in [6.45, 7) is 0. The number of halogens is 1. The molecule has 0 aromatic heterocycles. The number of rotatable bonds is 2. The van der Waals surface area contributed by atoms with Crippen molar-refractivity contribution in [2.24, 2.45) is 5.73 Å². The van der Waals surface area contributed by atoms with E-state index in [2.05, 4.69) is 20.7 Å². The summed E-state index contributed by atoms with van der Waals surface area (Å²) in [6.07, 6.45) is 0.655. The Morgan fingerprint density at radius 3 is 2.87 bits per heavy atom. The van der Waals surface area contributed by atoms with Crippen molar-refractivity contribution in [3.63, 3.8) is 0 Å². The largest absolute Gasteiger partial charge is 0.468 e. The average Bonchev–Trinajstić information content (AvgIpc) is 2.91. The van der Waals surface area contributed by atoms with Crippen LogP contribution >= 0.6 is 15.9 Å². The minimum Gasteiger partial charge on any atom is -0.468 e. The second kappa shape index (κ2) is 3.61. The topological polar surface area (TPSA) is 52.3 Å². The van der Waals surface area contributed by atoms with Crippen molar-refractivity contribution in [3.05, 3.63) is 34.3 Å². The van der Waals surface area contributed by atoms with Gasteiger partial charge in [-0.1, -0.05) is 34.1 Å². The Kier molecular flexibility index (Phi) is 2.56. The fourth-order valence-corrected chi connectivity index (χ4v) is 2.40. The molecule has 0 heterocycles. The Morgan fingerprint density at radius 1 is 1.60 bits per heavy atom. The van der Waals surface area contributed by atoms with Crippen LogP contribution in [0.4, 0.5) is 0 Å². The maximum Gasteiger partial charge on any atom is 0.326 e. The summed E-state index contributed by atoms with van der Waals surface area (Å²) in [5.74, 6) is -0.260. The molecule has 0 aliphatic heterocycles. The van der Waals surface area contributed by atoms with Crippen molar-refractivity contribution in [2.75, 3.05) is 7.11 Å². The maximum absolute atomic E-state index is 11.4. The molecule has 1 aliphatic rings. The highest BCUT2D eigenvalue weighted by Gasteiger charge is 2.59. The molecule has 0 bridgehead atoms. The summed E-state index contributed by atoms with van der Waals surface area (Å²) < 4.78 is 5.68. The maximum atomic E-state index is 11.4. The molecule has 0 radical (unpaired) electrons. The van der Waals surface area contributed by atoms with Crippen LogP contribution in [-0.4, -0.2) is 18.6 Å². The lowest BCUT2D eigenvalue weighted by Crippen LogP contribution is -2.35. The zero-order chi connectivity index (χ0) is 11.1. The van der Waals surface area contributed by atoms with Crippen molar-refractivity contribution in [2.45, 2.75) is 17.9 Å². The molecule has 1 aliphatic carbocycles. The summed E-state index contributed by atoms with van der Waals surface area (Å²) in [6, 6.07) is 7.81. The molecule has 2 unspecified atom stereocenters. The van der Waals surface area contributed by atoms with Crippen molar-refractivity contribution in [1.82, 2.24) is 0 Å². The third kappa shape index (κ3) is 1.68. The van der Waals surface area contributed by atoms with E-state index in [1.165, 1.54) is 7.11 Å². The number of hydrogen-bond acceptors (Lipinski definition) is 3. The molecule has 4 heteroatoms. The third-order valence-corrected chi connectivity index (χ3v) is 3.57. The molecule has 2 N–H and O–H groups in total. The highest BCUT2D eigenvalue weighted by Crippen LogP contribution is 2.51. The van der Waals surface area contributed by atoms with Crippen molar-refractivity contribution >= 4 is 21.9 Å². The van der Waals surface area contributed by atoms with E-state index < -0.39 is 5.54 Å². The van der Waals surface area contributed by atoms with Gasteiger partial charge in [0.1, 0.15) is 5.54 Å². The van der Waals surface area contributed by atoms with Crippen LogP contribution in [0.5, 0.6) is 0 Å². The van der Waals surface area contributed by atoms with E-state index in [1.807, 2.05) is 24.3 Å². The van der Waals surface area contributed by atoms with Crippen LogP contribution < -0.4 is 5.73 Å². The minimum absolute atomic E-state index is 0.0699. The standard InChI is InChI=1S/C11H12BrNO2/c1-15-10(14)11(13)6-8(11)7-4-2-3-5-9(7)12/h2-5,8H,6,13H2,1H3. The fraction of sp³-hybridized carbons (Fsp3) is 0.364. The number of carbonyl (C=O) groups is 1. The molecule has 1 fully saturated rings. The van der Waals surface area contributed by atoms with Crippen LogP contribution in [0.3, 0.4) is 0 Å². The Morgan fingerprint density at radius 2 is 2.27 bits per heavy atom. The van der Waals surface area contributed by atoms with Gasteiger partial charge in [0.25, 0.3) is 0 Å². The van der Waals surface area contributed by atoms with Crippen molar-refractivity contribution < 1.29 is 9.53 Å². The molecule has 1 saturated carbocycles. The first-order valence-corrected chi connectivity index (χ1v) is 5.50. The Hall–Kier alpha value is -0.870. The van der Waals surface area contributed by atoms with Gasteiger partial charge >= 0.3 is 5.97 Å². The van der Waals surface area contributed by atoms with Crippen molar-refractivity contribution in [3.8, 4) is 0 Å². The summed E-state index contributed by atoms with van der Waals surface area (Å²) >= 11 is 3.45. The van der Waals surface area contributed by atoms with Gasteiger partial charge in [-0.2, -0.15) is 0 Å². The second-order valence-electron chi connectivity index (χ2n) is 3.81. The smallest absolute Gasteiger partial charge is 0.326 e.